The average molecular weight is 299 g/mol. The molecule has 0 aliphatic carbocycles. The van der Waals surface area contributed by atoms with Crippen molar-refractivity contribution in [3.05, 3.63) is 41.5 Å². The van der Waals surface area contributed by atoms with Crippen LogP contribution in [0.5, 0.6) is 0 Å². The molecule has 0 aliphatic rings. The topological polar surface area (TPSA) is 115 Å². The van der Waals surface area contributed by atoms with Crippen molar-refractivity contribution >= 4 is 21.6 Å². The number of nitrogens with one attached hydrogen (secondary N) is 1. The minimum Gasteiger partial charge on any atom is -0.351 e. The molecular weight excluding hydrogens is 289 g/mol. The van der Waals surface area contributed by atoms with Gasteiger partial charge in [0, 0.05) is 5.56 Å². The van der Waals surface area contributed by atoms with Crippen LogP contribution in [0, 0.1) is 12.7 Å². The van der Waals surface area contributed by atoms with E-state index in [0.29, 0.717) is 5.56 Å². The van der Waals surface area contributed by atoms with Crippen LogP contribution >= 0.6 is 0 Å². The molecule has 9 heteroatoms. The summed E-state index contributed by atoms with van der Waals surface area (Å²) in [5, 5.41) is 10.6. The number of aryl methyl sites for hydroxylation is 1. The van der Waals surface area contributed by atoms with Gasteiger partial charge in [0.1, 0.15) is 10.7 Å². The highest BCUT2D eigenvalue weighted by atomic mass is 32.2. The summed E-state index contributed by atoms with van der Waals surface area (Å²) in [6, 6.07) is 2.74. The van der Waals surface area contributed by atoms with Gasteiger partial charge in [-0.2, -0.15) is 0 Å². The van der Waals surface area contributed by atoms with Crippen molar-refractivity contribution in [2.24, 2.45) is 5.14 Å². The molecule has 0 spiro atoms. The first-order chi connectivity index (χ1) is 9.29. The molecule has 0 unspecified atom stereocenters. The van der Waals surface area contributed by atoms with E-state index in [9.17, 15) is 17.6 Å². The Morgan fingerprint density at radius 3 is 2.70 bits per heavy atom. The fourth-order valence-corrected chi connectivity index (χ4v) is 2.21. The molecule has 2 aromatic rings. The summed E-state index contributed by atoms with van der Waals surface area (Å²) < 4.78 is 40.6. The average Bonchev–Trinajstić information content (AvgIpc) is 2.73. The minimum absolute atomic E-state index is 0.102. The lowest BCUT2D eigenvalue weighted by Gasteiger charge is -2.08. The van der Waals surface area contributed by atoms with Gasteiger partial charge >= 0.3 is 0 Å². The largest absolute Gasteiger partial charge is 0.351 e. The smallest absolute Gasteiger partial charge is 0.294 e. The number of nitrogens with two attached hydrogens (primary N) is 1. The Morgan fingerprint density at radius 1 is 1.45 bits per heavy atom. The Kier molecular flexibility index (Phi) is 3.55. The highest BCUT2D eigenvalue weighted by Gasteiger charge is 2.20. The fourth-order valence-electron chi connectivity index (χ4n) is 1.54. The van der Waals surface area contributed by atoms with Gasteiger partial charge in [0.2, 0.25) is 15.8 Å². The molecule has 0 saturated carbocycles. The van der Waals surface area contributed by atoms with Crippen LogP contribution in [0.1, 0.15) is 16.1 Å². The van der Waals surface area contributed by atoms with E-state index in [1.165, 1.54) is 6.20 Å². The first kappa shape index (κ1) is 14.2. The van der Waals surface area contributed by atoms with Crippen LogP contribution in [-0.2, 0) is 10.0 Å². The maximum atomic E-state index is 13.2. The van der Waals surface area contributed by atoms with E-state index in [-0.39, 0.29) is 11.4 Å². The van der Waals surface area contributed by atoms with E-state index in [4.69, 9.17) is 9.66 Å². The second-order valence-corrected chi connectivity index (χ2v) is 5.51. The van der Waals surface area contributed by atoms with Crippen molar-refractivity contribution in [2.75, 3.05) is 5.32 Å². The lowest BCUT2D eigenvalue weighted by molar-refractivity contribution is 0.0987. The molecule has 1 heterocycles. The monoisotopic (exact) mass is 299 g/mol. The number of aromatic nitrogens is 1. The van der Waals surface area contributed by atoms with Crippen molar-refractivity contribution in [3.8, 4) is 0 Å². The highest BCUT2D eigenvalue weighted by Crippen LogP contribution is 2.22. The molecule has 1 aromatic carbocycles. The third-order valence-electron chi connectivity index (χ3n) is 2.45. The summed E-state index contributed by atoms with van der Waals surface area (Å²) in [5.74, 6) is -1.58. The predicted molar refractivity (Wildman–Crippen MR) is 67.0 cm³/mol. The van der Waals surface area contributed by atoms with Gasteiger partial charge in [0.05, 0.1) is 11.9 Å². The van der Waals surface area contributed by atoms with Gasteiger partial charge in [-0.15, -0.1) is 0 Å². The number of nitrogens with zero attached hydrogens (tertiary/aromatic N) is 1. The Bertz CT molecular complexity index is 770. The van der Waals surface area contributed by atoms with Gasteiger partial charge in [0.15, 0.2) is 0 Å². The van der Waals surface area contributed by atoms with Crippen molar-refractivity contribution in [3.63, 3.8) is 0 Å². The summed E-state index contributed by atoms with van der Waals surface area (Å²) in [7, 11) is -4.10. The zero-order chi connectivity index (χ0) is 14.9. The molecule has 1 amide bonds. The SMILES string of the molecule is Cc1cnoc1C(=O)Nc1cc(F)ccc1S(N)(=O)=O. The first-order valence-corrected chi connectivity index (χ1v) is 6.88. The number of sulfonamides is 1. The summed E-state index contributed by atoms with van der Waals surface area (Å²) in [6.07, 6.45) is 1.32. The van der Waals surface area contributed by atoms with E-state index >= 15 is 0 Å². The quantitative estimate of drug-likeness (QED) is 0.878. The number of hydrogen-bond donors (Lipinski definition) is 2. The zero-order valence-electron chi connectivity index (χ0n) is 10.3. The van der Waals surface area contributed by atoms with Crippen LogP contribution in [0.15, 0.2) is 33.8 Å². The van der Waals surface area contributed by atoms with Crippen LogP contribution in [0.2, 0.25) is 0 Å². The molecule has 2 rings (SSSR count). The maximum absolute atomic E-state index is 13.2. The summed E-state index contributed by atoms with van der Waals surface area (Å²) in [5.41, 5.74) is 0.185. The number of amides is 1. The number of hydrogen-bond acceptors (Lipinski definition) is 5. The minimum atomic E-state index is -4.10. The number of primary sulfonamides is 1. The number of rotatable bonds is 3. The van der Waals surface area contributed by atoms with Gasteiger partial charge in [-0.05, 0) is 25.1 Å². The van der Waals surface area contributed by atoms with E-state index in [2.05, 4.69) is 10.5 Å². The molecule has 0 saturated heterocycles. The third kappa shape index (κ3) is 2.83. The Hall–Kier alpha value is -2.26. The number of carbonyl (C=O) groups is 1. The fraction of sp³-hybridized carbons (Fsp3) is 0.0909. The molecule has 1 aromatic heterocycles. The highest BCUT2D eigenvalue weighted by molar-refractivity contribution is 7.89. The molecule has 3 N–H and O–H groups in total. The molecule has 0 bridgehead atoms. The third-order valence-corrected chi connectivity index (χ3v) is 3.42. The Morgan fingerprint density at radius 2 is 2.15 bits per heavy atom. The second-order valence-electron chi connectivity index (χ2n) is 3.98. The lowest BCUT2D eigenvalue weighted by Crippen LogP contribution is -2.18. The van der Waals surface area contributed by atoms with Crippen LogP contribution in [0.25, 0.3) is 0 Å². The normalized spacial score (nSPS) is 11.3. The van der Waals surface area contributed by atoms with Crippen molar-refractivity contribution in [1.82, 2.24) is 5.16 Å². The molecule has 7 nitrogen and oxygen atoms in total. The summed E-state index contributed by atoms with van der Waals surface area (Å²) >= 11 is 0. The van der Waals surface area contributed by atoms with Crippen LogP contribution < -0.4 is 10.5 Å². The van der Waals surface area contributed by atoms with E-state index in [0.717, 1.165) is 18.2 Å². The van der Waals surface area contributed by atoms with E-state index in [1.54, 1.807) is 6.92 Å². The van der Waals surface area contributed by atoms with Gasteiger partial charge in [-0.1, -0.05) is 5.16 Å². The van der Waals surface area contributed by atoms with Crippen LogP contribution in [0.4, 0.5) is 10.1 Å². The second kappa shape index (κ2) is 5.02. The van der Waals surface area contributed by atoms with Gasteiger partial charge in [0.25, 0.3) is 5.91 Å². The predicted octanol–water partition coefficient (Wildman–Crippen LogP) is 1.02. The number of carbonyl (C=O) groups excluding carboxylic acids is 1. The lowest BCUT2D eigenvalue weighted by atomic mass is 10.2. The van der Waals surface area contributed by atoms with Gasteiger partial charge < -0.3 is 9.84 Å². The van der Waals surface area contributed by atoms with Crippen LogP contribution in [-0.4, -0.2) is 19.5 Å². The van der Waals surface area contributed by atoms with Crippen molar-refractivity contribution in [2.45, 2.75) is 11.8 Å². The molecule has 0 atom stereocenters. The zero-order valence-corrected chi connectivity index (χ0v) is 11.1. The molecule has 20 heavy (non-hydrogen) atoms. The van der Waals surface area contributed by atoms with Gasteiger partial charge in [-0.3, -0.25) is 4.79 Å². The van der Waals surface area contributed by atoms with Crippen molar-refractivity contribution in [1.29, 1.82) is 0 Å². The molecule has 106 valence electrons. The number of halogens is 1. The van der Waals surface area contributed by atoms with E-state index < -0.39 is 26.6 Å². The molecule has 0 fully saturated rings. The number of benzene rings is 1. The molecule has 0 radical (unpaired) electrons. The number of anilines is 1. The molecule has 0 aliphatic heterocycles. The Balaban J connectivity index is 2.41. The molecular formula is C11H10FN3O4S. The Labute approximate surface area is 113 Å². The van der Waals surface area contributed by atoms with Crippen molar-refractivity contribution < 1.29 is 22.1 Å². The van der Waals surface area contributed by atoms with E-state index in [1.807, 2.05) is 0 Å². The first-order valence-electron chi connectivity index (χ1n) is 5.34. The standard InChI is InChI=1S/C11H10FN3O4S/c1-6-5-14-19-10(6)11(16)15-8-4-7(12)2-3-9(8)20(13,17)18/h2-5H,1H3,(H,15,16)(H2,13,17,18). The van der Waals surface area contributed by atoms with Gasteiger partial charge in [-0.25, -0.2) is 17.9 Å². The summed E-state index contributed by atoms with van der Waals surface area (Å²) in [4.78, 5) is 11.5. The van der Waals surface area contributed by atoms with Crippen LogP contribution in [0.3, 0.4) is 0 Å². The summed E-state index contributed by atoms with van der Waals surface area (Å²) in [6.45, 7) is 1.58. The maximum Gasteiger partial charge on any atom is 0.294 e.